The van der Waals surface area contributed by atoms with Crippen molar-refractivity contribution in [3.8, 4) is 16.8 Å². The molecule has 0 aliphatic carbocycles. The second-order valence-corrected chi connectivity index (χ2v) is 8.96. The Morgan fingerprint density at radius 2 is 1.97 bits per heavy atom. The molecular weight excluding hydrogens is 436 g/mol. The van der Waals surface area contributed by atoms with Crippen molar-refractivity contribution < 1.29 is 14.3 Å². The largest absolute Gasteiger partial charge is 0.497 e. The van der Waals surface area contributed by atoms with Crippen molar-refractivity contribution in [2.75, 3.05) is 14.2 Å². The average Bonchev–Trinajstić information content (AvgIpc) is 3.44. The number of ether oxygens (including phenoxy) is 2. The molecule has 0 fully saturated rings. The number of carbonyl (C=O) groups is 1. The van der Waals surface area contributed by atoms with E-state index < -0.39 is 0 Å². The summed E-state index contributed by atoms with van der Waals surface area (Å²) >= 11 is 1.55. The van der Waals surface area contributed by atoms with Crippen LogP contribution in [0.3, 0.4) is 0 Å². The summed E-state index contributed by atoms with van der Waals surface area (Å²) in [6.45, 7) is 7.88. The number of nitrogens with zero attached hydrogens (tertiary/aromatic N) is 3. The minimum atomic E-state index is -0.355. The van der Waals surface area contributed by atoms with Gasteiger partial charge >= 0.3 is 5.97 Å². The molecule has 3 aromatic heterocycles. The van der Waals surface area contributed by atoms with Gasteiger partial charge in [-0.15, -0.1) is 11.3 Å². The first-order chi connectivity index (χ1) is 15.8. The number of esters is 1. The van der Waals surface area contributed by atoms with Crippen LogP contribution in [0.4, 0.5) is 0 Å². The van der Waals surface area contributed by atoms with Gasteiger partial charge in [-0.05, 0) is 63.1 Å². The SMILES string of the molecule is COC(=O)c1c(-n2c(C)cc(C=C(C#N)c3nc4ccc(OC)cc4[nH]3)c2C)sc(C)c1C. The number of aromatic nitrogens is 3. The van der Waals surface area contributed by atoms with Gasteiger partial charge in [0.05, 0.1) is 36.4 Å². The molecule has 33 heavy (non-hydrogen) atoms. The van der Waals surface area contributed by atoms with E-state index in [9.17, 15) is 10.1 Å². The second-order valence-electron chi connectivity index (χ2n) is 7.76. The van der Waals surface area contributed by atoms with Gasteiger partial charge in [-0.2, -0.15) is 5.26 Å². The minimum Gasteiger partial charge on any atom is -0.497 e. The molecule has 0 saturated carbocycles. The molecule has 0 spiro atoms. The Labute approximate surface area is 195 Å². The van der Waals surface area contributed by atoms with Crippen LogP contribution in [0.15, 0.2) is 24.3 Å². The first-order valence-electron chi connectivity index (χ1n) is 10.3. The third-order valence-electron chi connectivity index (χ3n) is 5.79. The number of rotatable bonds is 5. The third kappa shape index (κ3) is 3.81. The predicted molar refractivity (Wildman–Crippen MR) is 130 cm³/mol. The Morgan fingerprint density at radius 3 is 2.64 bits per heavy atom. The van der Waals surface area contributed by atoms with E-state index >= 15 is 0 Å². The molecular formula is C25H24N4O3S. The van der Waals surface area contributed by atoms with E-state index in [0.717, 1.165) is 43.4 Å². The van der Waals surface area contributed by atoms with Gasteiger partial charge in [-0.1, -0.05) is 0 Å². The number of fused-ring (bicyclic) bond motifs is 1. The van der Waals surface area contributed by atoms with E-state index in [-0.39, 0.29) is 5.97 Å². The Balaban J connectivity index is 1.82. The summed E-state index contributed by atoms with van der Waals surface area (Å²) in [5.41, 5.74) is 6.21. The lowest BCUT2D eigenvalue weighted by molar-refractivity contribution is 0.0600. The molecule has 0 aliphatic rings. The highest BCUT2D eigenvalue weighted by atomic mass is 32.1. The predicted octanol–water partition coefficient (Wildman–Crippen LogP) is 5.51. The number of H-pyrrole nitrogens is 1. The Kier molecular flexibility index (Phi) is 5.83. The summed E-state index contributed by atoms with van der Waals surface area (Å²) in [7, 11) is 3.00. The van der Waals surface area contributed by atoms with Crippen LogP contribution >= 0.6 is 11.3 Å². The fourth-order valence-electron chi connectivity index (χ4n) is 3.91. The van der Waals surface area contributed by atoms with Gasteiger partial charge in [-0.25, -0.2) is 9.78 Å². The van der Waals surface area contributed by atoms with Crippen LogP contribution in [-0.2, 0) is 4.74 Å². The molecule has 1 aromatic carbocycles. The van der Waals surface area contributed by atoms with E-state index in [2.05, 4.69) is 16.0 Å². The zero-order valence-electron chi connectivity index (χ0n) is 19.4. The number of hydrogen-bond donors (Lipinski definition) is 1. The molecule has 0 aliphatic heterocycles. The normalized spacial score (nSPS) is 11.6. The van der Waals surface area contributed by atoms with Gasteiger partial charge in [0, 0.05) is 22.3 Å². The lowest BCUT2D eigenvalue weighted by Crippen LogP contribution is -2.08. The van der Waals surface area contributed by atoms with Crippen LogP contribution in [-0.4, -0.2) is 34.7 Å². The number of carbonyl (C=O) groups excluding carboxylic acids is 1. The number of imidazole rings is 1. The molecule has 168 valence electrons. The lowest BCUT2D eigenvalue weighted by Gasteiger charge is -2.10. The summed E-state index contributed by atoms with van der Waals surface area (Å²) in [5, 5.41) is 10.7. The number of benzene rings is 1. The first-order valence-corrected chi connectivity index (χ1v) is 11.1. The first kappa shape index (κ1) is 22.4. The van der Waals surface area contributed by atoms with E-state index in [1.807, 2.05) is 62.6 Å². The van der Waals surface area contributed by atoms with E-state index in [1.54, 1.807) is 18.4 Å². The Hall–Kier alpha value is -3.83. The van der Waals surface area contributed by atoms with Crippen molar-refractivity contribution in [1.29, 1.82) is 5.26 Å². The minimum absolute atomic E-state index is 0.355. The monoisotopic (exact) mass is 460 g/mol. The lowest BCUT2D eigenvalue weighted by atomic mass is 10.1. The molecule has 4 aromatic rings. The van der Waals surface area contributed by atoms with Crippen molar-refractivity contribution in [2.45, 2.75) is 27.7 Å². The molecule has 0 radical (unpaired) electrons. The van der Waals surface area contributed by atoms with Crippen molar-refractivity contribution in [3.63, 3.8) is 0 Å². The highest BCUT2D eigenvalue weighted by Gasteiger charge is 2.24. The smallest absolute Gasteiger partial charge is 0.341 e. The Bertz CT molecular complexity index is 1460. The van der Waals surface area contributed by atoms with Crippen LogP contribution in [0, 0.1) is 39.0 Å². The zero-order chi connectivity index (χ0) is 23.9. The van der Waals surface area contributed by atoms with Gasteiger partial charge in [0.1, 0.15) is 22.6 Å². The van der Waals surface area contributed by atoms with Gasteiger partial charge in [-0.3, -0.25) is 0 Å². The van der Waals surface area contributed by atoms with Gasteiger partial charge < -0.3 is 19.0 Å². The van der Waals surface area contributed by atoms with Crippen LogP contribution < -0.4 is 4.74 Å². The third-order valence-corrected chi connectivity index (χ3v) is 6.99. The number of allylic oxidation sites excluding steroid dienone is 1. The van der Waals surface area contributed by atoms with Crippen molar-refractivity contribution in [1.82, 2.24) is 14.5 Å². The summed E-state index contributed by atoms with van der Waals surface area (Å²) in [5.74, 6) is 0.849. The van der Waals surface area contributed by atoms with Crippen LogP contribution in [0.5, 0.6) is 5.75 Å². The quantitative estimate of drug-likeness (QED) is 0.313. The topological polar surface area (TPSA) is 92.9 Å². The average molecular weight is 461 g/mol. The summed E-state index contributed by atoms with van der Waals surface area (Å²) in [6, 6.07) is 9.80. The van der Waals surface area contributed by atoms with E-state index in [4.69, 9.17) is 9.47 Å². The maximum absolute atomic E-state index is 12.5. The summed E-state index contributed by atoms with van der Waals surface area (Å²) in [6.07, 6.45) is 1.82. The maximum Gasteiger partial charge on any atom is 0.341 e. The Morgan fingerprint density at radius 1 is 1.21 bits per heavy atom. The molecule has 0 saturated heterocycles. The van der Waals surface area contributed by atoms with E-state index in [0.29, 0.717) is 22.7 Å². The number of nitriles is 1. The number of methoxy groups -OCH3 is 2. The van der Waals surface area contributed by atoms with Crippen molar-refractivity contribution in [2.24, 2.45) is 0 Å². The number of thiophene rings is 1. The summed E-state index contributed by atoms with van der Waals surface area (Å²) in [4.78, 5) is 21.3. The molecule has 0 atom stereocenters. The maximum atomic E-state index is 12.5. The van der Waals surface area contributed by atoms with Gasteiger partial charge in [0.25, 0.3) is 0 Å². The number of nitrogens with one attached hydrogen (secondary N) is 1. The van der Waals surface area contributed by atoms with Crippen LogP contribution in [0.25, 0.3) is 27.7 Å². The molecule has 1 N–H and O–H groups in total. The molecule has 8 heteroatoms. The number of hydrogen-bond acceptors (Lipinski definition) is 6. The molecule has 0 amide bonds. The molecule has 3 heterocycles. The second kappa shape index (κ2) is 8.60. The number of aromatic amines is 1. The van der Waals surface area contributed by atoms with Crippen LogP contribution in [0.2, 0.25) is 0 Å². The van der Waals surface area contributed by atoms with E-state index in [1.165, 1.54) is 7.11 Å². The molecule has 0 bridgehead atoms. The molecule has 0 unspecified atom stereocenters. The highest BCUT2D eigenvalue weighted by molar-refractivity contribution is 7.15. The fraction of sp³-hybridized carbons (Fsp3) is 0.240. The standard InChI is InChI=1S/C25H24N4O3S/c1-13-9-17(15(3)29(13)24-22(25(30)32-6)14(2)16(4)33-24)10-18(12-26)23-27-20-8-7-19(31-5)11-21(20)28-23/h7-11H,1-6H3,(H,27,28). The highest BCUT2D eigenvalue weighted by Crippen LogP contribution is 2.35. The number of aryl methyl sites for hydroxylation is 2. The zero-order valence-corrected chi connectivity index (χ0v) is 20.2. The van der Waals surface area contributed by atoms with Gasteiger partial charge in [0.15, 0.2) is 0 Å². The fourth-order valence-corrected chi connectivity index (χ4v) is 5.16. The molecule has 7 nitrogen and oxygen atoms in total. The summed E-state index contributed by atoms with van der Waals surface area (Å²) < 4.78 is 12.4. The van der Waals surface area contributed by atoms with Crippen molar-refractivity contribution in [3.05, 3.63) is 63.0 Å². The molecule has 4 rings (SSSR count). The van der Waals surface area contributed by atoms with Gasteiger partial charge in [0.2, 0.25) is 0 Å². The van der Waals surface area contributed by atoms with Crippen molar-refractivity contribution >= 4 is 40.0 Å². The van der Waals surface area contributed by atoms with Crippen LogP contribution in [0.1, 0.15) is 43.6 Å².